The summed E-state index contributed by atoms with van der Waals surface area (Å²) in [5.41, 5.74) is 0.285. The summed E-state index contributed by atoms with van der Waals surface area (Å²) < 4.78 is 0. The van der Waals surface area contributed by atoms with E-state index in [1.165, 1.54) is 0 Å². The van der Waals surface area contributed by atoms with Crippen LogP contribution in [-0.4, -0.2) is 21.6 Å². The minimum absolute atomic E-state index is 0.102. The molecule has 5 heteroatoms. The number of carboxylic acid groups (broad SMARTS) is 1. The molecule has 0 aliphatic carbocycles. The van der Waals surface area contributed by atoms with Crippen LogP contribution in [0.3, 0.4) is 0 Å². The summed E-state index contributed by atoms with van der Waals surface area (Å²) in [7, 11) is 0. The summed E-state index contributed by atoms with van der Waals surface area (Å²) in [5.74, 6) is 1.59. The predicted octanol–water partition coefficient (Wildman–Crippen LogP) is 1.34. The SMILES string of the molecule is C#CC(C)(C)NCc1csc(C(=O)O)n1. The predicted molar refractivity (Wildman–Crippen MR) is 58.8 cm³/mol. The van der Waals surface area contributed by atoms with E-state index in [-0.39, 0.29) is 5.01 Å². The maximum atomic E-state index is 10.6. The first-order valence-electron chi connectivity index (χ1n) is 4.35. The Morgan fingerprint density at radius 1 is 1.80 bits per heavy atom. The van der Waals surface area contributed by atoms with E-state index in [1.807, 2.05) is 13.8 Å². The zero-order valence-corrected chi connectivity index (χ0v) is 9.39. The maximum Gasteiger partial charge on any atom is 0.365 e. The Labute approximate surface area is 92.4 Å². The minimum Gasteiger partial charge on any atom is -0.476 e. The number of thiazole rings is 1. The fourth-order valence-corrected chi connectivity index (χ4v) is 1.50. The quantitative estimate of drug-likeness (QED) is 0.758. The van der Waals surface area contributed by atoms with Crippen LogP contribution in [0.5, 0.6) is 0 Å². The Hall–Kier alpha value is -1.38. The Bertz CT molecular complexity index is 404. The number of nitrogens with one attached hydrogen (secondary N) is 1. The largest absolute Gasteiger partial charge is 0.476 e. The van der Waals surface area contributed by atoms with E-state index < -0.39 is 11.5 Å². The van der Waals surface area contributed by atoms with E-state index in [9.17, 15) is 4.79 Å². The molecule has 15 heavy (non-hydrogen) atoms. The van der Waals surface area contributed by atoms with Crippen molar-refractivity contribution >= 4 is 17.3 Å². The van der Waals surface area contributed by atoms with Gasteiger partial charge in [0.2, 0.25) is 5.01 Å². The van der Waals surface area contributed by atoms with Gasteiger partial charge >= 0.3 is 5.97 Å². The highest BCUT2D eigenvalue weighted by molar-refractivity contribution is 7.11. The molecule has 1 heterocycles. The number of nitrogens with zero attached hydrogens (tertiary/aromatic N) is 1. The molecule has 1 rings (SSSR count). The van der Waals surface area contributed by atoms with Crippen molar-refractivity contribution in [1.29, 1.82) is 0 Å². The van der Waals surface area contributed by atoms with Crippen molar-refractivity contribution in [2.45, 2.75) is 25.9 Å². The van der Waals surface area contributed by atoms with E-state index in [0.29, 0.717) is 12.2 Å². The van der Waals surface area contributed by atoms with Gasteiger partial charge in [0.05, 0.1) is 11.2 Å². The molecular weight excluding hydrogens is 212 g/mol. The van der Waals surface area contributed by atoms with Crippen LogP contribution in [0.4, 0.5) is 0 Å². The monoisotopic (exact) mass is 224 g/mol. The Balaban J connectivity index is 2.60. The van der Waals surface area contributed by atoms with Crippen molar-refractivity contribution in [2.75, 3.05) is 0 Å². The number of terminal acetylenes is 1. The molecule has 0 spiro atoms. The molecule has 0 atom stereocenters. The first kappa shape index (κ1) is 11.7. The topological polar surface area (TPSA) is 62.2 Å². The first-order valence-corrected chi connectivity index (χ1v) is 5.23. The number of hydrogen-bond donors (Lipinski definition) is 2. The molecule has 0 fully saturated rings. The number of aromatic carboxylic acids is 1. The molecule has 0 unspecified atom stereocenters. The number of aromatic nitrogens is 1. The van der Waals surface area contributed by atoms with Gasteiger partial charge in [0.25, 0.3) is 0 Å². The van der Waals surface area contributed by atoms with E-state index >= 15 is 0 Å². The smallest absolute Gasteiger partial charge is 0.365 e. The van der Waals surface area contributed by atoms with Crippen LogP contribution in [-0.2, 0) is 6.54 Å². The summed E-state index contributed by atoms with van der Waals surface area (Å²) in [6.45, 7) is 4.22. The molecule has 4 nitrogen and oxygen atoms in total. The van der Waals surface area contributed by atoms with Crippen molar-refractivity contribution in [3.05, 3.63) is 16.1 Å². The Morgan fingerprint density at radius 2 is 2.47 bits per heavy atom. The molecule has 1 aromatic rings. The third kappa shape index (κ3) is 3.35. The molecule has 0 saturated heterocycles. The van der Waals surface area contributed by atoms with Gasteiger partial charge in [-0.1, -0.05) is 5.92 Å². The third-order valence-corrected chi connectivity index (χ3v) is 2.69. The lowest BCUT2D eigenvalue weighted by Crippen LogP contribution is -2.37. The van der Waals surface area contributed by atoms with Crippen molar-refractivity contribution in [2.24, 2.45) is 0 Å². The van der Waals surface area contributed by atoms with E-state index in [1.54, 1.807) is 5.38 Å². The van der Waals surface area contributed by atoms with Crippen LogP contribution in [0.15, 0.2) is 5.38 Å². The first-order chi connectivity index (χ1) is 6.94. The van der Waals surface area contributed by atoms with Crippen molar-refractivity contribution < 1.29 is 9.90 Å². The van der Waals surface area contributed by atoms with Crippen LogP contribution in [0.25, 0.3) is 0 Å². The lowest BCUT2D eigenvalue weighted by molar-refractivity contribution is 0.0696. The van der Waals surface area contributed by atoms with Gasteiger partial charge in [0.1, 0.15) is 0 Å². The summed E-state index contributed by atoms with van der Waals surface area (Å²) in [4.78, 5) is 14.5. The second-order valence-electron chi connectivity index (χ2n) is 3.57. The van der Waals surface area contributed by atoms with Crippen LogP contribution in [0.2, 0.25) is 0 Å². The van der Waals surface area contributed by atoms with Crippen LogP contribution in [0.1, 0.15) is 29.3 Å². The van der Waals surface area contributed by atoms with Gasteiger partial charge in [-0.2, -0.15) is 0 Å². The molecule has 0 radical (unpaired) electrons. The van der Waals surface area contributed by atoms with E-state index in [4.69, 9.17) is 11.5 Å². The highest BCUT2D eigenvalue weighted by atomic mass is 32.1. The number of carbonyl (C=O) groups is 1. The Kier molecular flexibility index (Phi) is 3.45. The summed E-state index contributed by atoms with van der Waals surface area (Å²) in [6.07, 6.45) is 5.30. The molecule has 0 aromatic carbocycles. The average Bonchev–Trinajstić information content (AvgIpc) is 2.63. The maximum absolute atomic E-state index is 10.6. The molecule has 0 saturated carbocycles. The van der Waals surface area contributed by atoms with Crippen LogP contribution < -0.4 is 5.32 Å². The van der Waals surface area contributed by atoms with Gasteiger partial charge < -0.3 is 5.11 Å². The molecule has 80 valence electrons. The number of carboxylic acids is 1. The van der Waals surface area contributed by atoms with E-state index in [0.717, 1.165) is 11.3 Å². The molecule has 0 aliphatic heterocycles. The molecule has 0 aliphatic rings. The zero-order valence-electron chi connectivity index (χ0n) is 8.57. The fraction of sp³-hybridized carbons (Fsp3) is 0.400. The lowest BCUT2D eigenvalue weighted by atomic mass is 10.1. The molecule has 0 bridgehead atoms. The van der Waals surface area contributed by atoms with Gasteiger partial charge in [-0.25, -0.2) is 9.78 Å². The molecule has 1 aromatic heterocycles. The molecular formula is C10H12N2O2S. The molecule has 0 amide bonds. The summed E-state index contributed by atoms with van der Waals surface area (Å²) >= 11 is 1.11. The fourth-order valence-electron chi connectivity index (χ4n) is 0.849. The van der Waals surface area contributed by atoms with E-state index in [2.05, 4.69) is 16.2 Å². The summed E-state index contributed by atoms with van der Waals surface area (Å²) in [6, 6.07) is 0. The van der Waals surface area contributed by atoms with Crippen molar-refractivity contribution in [1.82, 2.24) is 10.3 Å². The summed E-state index contributed by atoms with van der Waals surface area (Å²) in [5, 5.41) is 13.6. The van der Waals surface area contributed by atoms with Gasteiger partial charge in [0.15, 0.2) is 0 Å². The van der Waals surface area contributed by atoms with Crippen LogP contribution >= 0.6 is 11.3 Å². The highest BCUT2D eigenvalue weighted by Crippen LogP contribution is 2.10. The van der Waals surface area contributed by atoms with Crippen LogP contribution in [0, 0.1) is 12.3 Å². The highest BCUT2D eigenvalue weighted by Gasteiger charge is 2.14. The van der Waals surface area contributed by atoms with Crippen molar-refractivity contribution in [3.8, 4) is 12.3 Å². The normalized spacial score (nSPS) is 11.0. The van der Waals surface area contributed by atoms with Gasteiger partial charge in [-0.15, -0.1) is 17.8 Å². The standard InChI is InChI=1S/C10H12N2O2S/c1-4-10(2,3)11-5-7-6-15-8(12-7)9(13)14/h1,6,11H,5H2,2-3H3,(H,13,14). The zero-order chi connectivity index (χ0) is 11.5. The van der Waals surface area contributed by atoms with Gasteiger partial charge in [0, 0.05) is 11.9 Å². The minimum atomic E-state index is -0.998. The van der Waals surface area contributed by atoms with Crippen molar-refractivity contribution in [3.63, 3.8) is 0 Å². The molecule has 2 N–H and O–H groups in total. The number of hydrogen-bond acceptors (Lipinski definition) is 4. The van der Waals surface area contributed by atoms with Gasteiger partial charge in [-0.05, 0) is 13.8 Å². The average molecular weight is 224 g/mol. The second-order valence-corrected chi connectivity index (χ2v) is 4.43. The van der Waals surface area contributed by atoms with Gasteiger partial charge in [-0.3, -0.25) is 5.32 Å². The Morgan fingerprint density at radius 3 is 2.93 bits per heavy atom. The number of rotatable bonds is 4. The lowest BCUT2D eigenvalue weighted by Gasteiger charge is -2.18. The third-order valence-electron chi connectivity index (χ3n) is 1.81. The second kappa shape index (κ2) is 4.43.